The van der Waals surface area contributed by atoms with Gasteiger partial charge in [-0.25, -0.2) is 9.59 Å². The predicted octanol–water partition coefficient (Wildman–Crippen LogP) is 4.39. The molecule has 5 rings (SSSR count). The lowest BCUT2D eigenvalue weighted by Gasteiger charge is -2.21. The molecule has 2 N–H and O–H groups in total. The van der Waals surface area contributed by atoms with Gasteiger partial charge in [0, 0.05) is 5.92 Å². The smallest absolute Gasteiger partial charge is 0.407 e. The minimum Gasteiger partial charge on any atom is -0.480 e. The van der Waals surface area contributed by atoms with Crippen molar-refractivity contribution < 1.29 is 19.4 Å². The summed E-state index contributed by atoms with van der Waals surface area (Å²) in [5.41, 5.74) is 6.84. The molecule has 0 fully saturated rings. The molecule has 0 saturated carbocycles. The number of benzene rings is 3. The van der Waals surface area contributed by atoms with Crippen molar-refractivity contribution in [2.24, 2.45) is 5.92 Å². The first-order chi connectivity index (χ1) is 15.1. The summed E-state index contributed by atoms with van der Waals surface area (Å²) >= 11 is 0. The van der Waals surface area contributed by atoms with Crippen LogP contribution in [0, 0.1) is 5.92 Å². The van der Waals surface area contributed by atoms with Gasteiger partial charge in [0.05, 0.1) is 0 Å². The molecule has 0 aliphatic heterocycles. The highest BCUT2D eigenvalue weighted by Gasteiger charge is 2.35. The Morgan fingerprint density at radius 2 is 1.39 bits per heavy atom. The average molecular weight is 413 g/mol. The molecular weight excluding hydrogens is 390 g/mol. The summed E-state index contributed by atoms with van der Waals surface area (Å²) in [6, 6.07) is 23.2. The molecule has 0 saturated heterocycles. The molecule has 2 aliphatic carbocycles. The Morgan fingerprint density at radius 1 is 0.871 bits per heavy atom. The average Bonchev–Trinajstić information content (AvgIpc) is 3.35. The molecule has 2 aliphatic rings. The standard InChI is InChI=1S/C26H23NO4/c28-25(29)24(18-13-16-7-1-2-8-17(16)14-18)27-26(30)31-15-23-21-11-5-3-9-19(21)20-10-4-6-12-22(20)23/h1-12,18,23-24H,13-15H2,(H,27,30)(H,28,29). The Balaban J connectivity index is 1.27. The van der Waals surface area contributed by atoms with Crippen LogP contribution in [0.2, 0.25) is 0 Å². The molecule has 1 atom stereocenters. The number of carboxylic acids is 1. The number of hydrogen-bond acceptors (Lipinski definition) is 3. The maximum atomic E-state index is 12.6. The Labute approximate surface area is 180 Å². The Kier molecular flexibility index (Phi) is 4.94. The van der Waals surface area contributed by atoms with E-state index in [4.69, 9.17) is 4.74 Å². The van der Waals surface area contributed by atoms with Crippen LogP contribution in [-0.4, -0.2) is 29.8 Å². The molecule has 1 amide bonds. The van der Waals surface area contributed by atoms with Gasteiger partial charge in [-0.1, -0.05) is 72.8 Å². The normalized spacial score (nSPS) is 15.6. The zero-order chi connectivity index (χ0) is 21.4. The lowest BCUT2D eigenvalue weighted by Crippen LogP contribution is -2.46. The van der Waals surface area contributed by atoms with Gasteiger partial charge in [0.15, 0.2) is 0 Å². The predicted molar refractivity (Wildman–Crippen MR) is 117 cm³/mol. The van der Waals surface area contributed by atoms with Gasteiger partial charge in [-0.05, 0) is 52.1 Å². The highest BCUT2D eigenvalue weighted by molar-refractivity contribution is 5.81. The van der Waals surface area contributed by atoms with Gasteiger partial charge in [0.25, 0.3) is 0 Å². The number of nitrogens with one attached hydrogen (secondary N) is 1. The van der Waals surface area contributed by atoms with Gasteiger partial charge in [0.2, 0.25) is 0 Å². The van der Waals surface area contributed by atoms with Gasteiger partial charge in [-0.2, -0.15) is 0 Å². The lowest BCUT2D eigenvalue weighted by atomic mass is 9.96. The number of rotatable bonds is 5. The highest BCUT2D eigenvalue weighted by atomic mass is 16.5. The number of carbonyl (C=O) groups is 2. The molecule has 3 aromatic carbocycles. The fourth-order valence-electron chi connectivity index (χ4n) is 4.98. The van der Waals surface area contributed by atoms with Crippen molar-refractivity contribution in [2.45, 2.75) is 24.8 Å². The number of ether oxygens (including phenoxy) is 1. The second kappa shape index (κ2) is 7.91. The van der Waals surface area contributed by atoms with E-state index in [1.165, 1.54) is 0 Å². The van der Waals surface area contributed by atoms with E-state index < -0.39 is 18.1 Å². The summed E-state index contributed by atoms with van der Waals surface area (Å²) in [5.74, 6) is -1.28. The van der Waals surface area contributed by atoms with Gasteiger partial charge in [-0.15, -0.1) is 0 Å². The van der Waals surface area contributed by atoms with Gasteiger partial charge in [0.1, 0.15) is 12.6 Å². The first kappa shape index (κ1) is 19.4. The molecule has 0 spiro atoms. The third-order valence-electron chi connectivity index (χ3n) is 6.44. The van der Waals surface area contributed by atoms with E-state index in [1.807, 2.05) is 48.5 Å². The summed E-state index contributed by atoms with van der Waals surface area (Å²) < 4.78 is 5.54. The minimum absolute atomic E-state index is 0.0582. The Hall–Kier alpha value is -3.60. The Bertz CT molecular complexity index is 1080. The molecule has 0 heterocycles. The van der Waals surface area contributed by atoms with Crippen LogP contribution in [0.15, 0.2) is 72.8 Å². The minimum atomic E-state index is -1.04. The second-order valence-corrected chi connectivity index (χ2v) is 8.22. The summed E-state index contributed by atoms with van der Waals surface area (Å²) in [6.45, 7) is 0.164. The number of carbonyl (C=O) groups excluding carboxylic acids is 1. The van der Waals surface area contributed by atoms with Crippen LogP contribution in [0.25, 0.3) is 11.1 Å². The zero-order valence-corrected chi connectivity index (χ0v) is 17.0. The number of carboxylic acid groups (broad SMARTS) is 1. The van der Waals surface area contributed by atoms with Crippen LogP contribution < -0.4 is 5.32 Å². The maximum absolute atomic E-state index is 12.6. The van der Waals surface area contributed by atoms with Crippen molar-refractivity contribution in [3.8, 4) is 11.1 Å². The topological polar surface area (TPSA) is 75.6 Å². The number of alkyl carbamates (subject to hydrolysis) is 1. The van der Waals surface area contributed by atoms with Crippen molar-refractivity contribution >= 4 is 12.1 Å². The number of hydrogen-bond donors (Lipinski definition) is 2. The van der Waals surface area contributed by atoms with Crippen LogP contribution in [0.5, 0.6) is 0 Å². The molecule has 156 valence electrons. The SMILES string of the molecule is O=C(NC(C(=O)O)C1Cc2ccccc2C1)OCC1c2ccccc2-c2ccccc21. The summed E-state index contributed by atoms with van der Waals surface area (Å²) in [6.07, 6.45) is 0.582. The second-order valence-electron chi connectivity index (χ2n) is 8.22. The largest absolute Gasteiger partial charge is 0.480 e. The molecule has 3 aromatic rings. The number of amides is 1. The van der Waals surface area contributed by atoms with Crippen LogP contribution in [0.3, 0.4) is 0 Å². The fraction of sp³-hybridized carbons (Fsp3) is 0.231. The third-order valence-corrected chi connectivity index (χ3v) is 6.44. The van der Waals surface area contributed by atoms with Crippen molar-refractivity contribution in [3.63, 3.8) is 0 Å². The molecule has 1 unspecified atom stereocenters. The number of fused-ring (bicyclic) bond motifs is 4. The Morgan fingerprint density at radius 3 is 1.94 bits per heavy atom. The van der Waals surface area contributed by atoms with Crippen LogP contribution >= 0.6 is 0 Å². The van der Waals surface area contributed by atoms with E-state index >= 15 is 0 Å². The van der Waals surface area contributed by atoms with E-state index in [0.717, 1.165) is 33.4 Å². The number of aliphatic carboxylic acids is 1. The molecule has 0 bridgehead atoms. The highest BCUT2D eigenvalue weighted by Crippen LogP contribution is 2.44. The van der Waals surface area contributed by atoms with Gasteiger partial charge < -0.3 is 15.2 Å². The van der Waals surface area contributed by atoms with E-state index in [9.17, 15) is 14.7 Å². The zero-order valence-electron chi connectivity index (χ0n) is 17.0. The van der Waals surface area contributed by atoms with Crippen LogP contribution in [0.1, 0.15) is 28.2 Å². The van der Waals surface area contributed by atoms with E-state index in [1.54, 1.807) is 0 Å². The summed E-state index contributed by atoms with van der Waals surface area (Å²) in [7, 11) is 0. The van der Waals surface area contributed by atoms with Crippen molar-refractivity contribution in [1.82, 2.24) is 5.32 Å². The first-order valence-electron chi connectivity index (χ1n) is 10.5. The molecule has 5 nitrogen and oxygen atoms in total. The molecular formula is C26H23NO4. The quantitative estimate of drug-likeness (QED) is 0.650. The summed E-state index contributed by atoms with van der Waals surface area (Å²) in [5, 5.41) is 12.3. The van der Waals surface area contributed by atoms with Crippen molar-refractivity contribution in [2.75, 3.05) is 6.61 Å². The fourth-order valence-corrected chi connectivity index (χ4v) is 4.98. The van der Waals surface area contributed by atoms with Crippen molar-refractivity contribution in [1.29, 1.82) is 0 Å². The van der Waals surface area contributed by atoms with E-state index in [-0.39, 0.29) is 18.4 Å². The third kappa shape index (κ3) is 3.56. The molecule has 0 aromatic heterocycles. The summed E-state index contributed by atoms with van der Waals surface area (Å²) in [4.78, 5) is 24.5. The molecule has 31 heavy (non-hydrogen) atoms. The van der Waals surface area contributed by atoms with Crippen LogP contribution in [-0.2, 0) is 22.4 Å². The monoisotopic (exact) mass is 413 g/mol. The van der Waals surface area contributed by atoms with Crippen LogP contribution in [0.4, 0.5) is 4.79 Å². The van der Waals surface area contributed by atoms with E-state index in [2.05, 4.69) is 29.6 Å². The molecule has 0 radical (unpaired) electrons. The van der Waals surface area contributed by atoms with Crippen molar-refractivity contribution in [3.05, 3.63) is 95.1 Å². The van der Waals surface area contributed by atoms with E-state index in [0.29, 0.717) is 12.8 Å². The van der Waals surface area contributed by atoms with Gasteiger partial charge in [-0.3, -0.25) is 0 Å². The first-order valence-corrected chi connectivity index (χ1v) is 10.5. The maximum Gasteiger partial charge on any atom is 0.407 e. The lowest BCUT2D eigenvalue weighted by molar-refractivity contribution is -0.140. The molecule has 5 heteroatoms. The van der Waals surface area contributed by atoms with Gasteiger partial charge >= 0.3 is 12.1 Å².